The molecule has 3 N–H and O–H groups in total. The van der Waals surface area contributed by atoms with Gasteiger partial charge in [-0.15, -0.1) is 0 Å². The van der Waals surface area contributed by atoms with Gasteiger partial charge in [-0.1, -0.05) is 13.8 Å². The Morgan fingerprint density at radius 3 is 2.56 bits per heavy atom. The molecule has 0 saturated heterocycles. The summed E-state index contributed by atoms with van der Waals surface area (Å²) in [6.07, 6.45) is 0.648. The van der Waals surface area contributed by atoms with Crippen molar-refractivity contribution in [3.63, 3.8) is 0 Å². The van der Waals surface area contributed by atoms with Crippen molar-refractivity contribution in [2.75, 3.05) is 24.6 Å². The first-order valence-electron chi connectivity index (χ1n) is 6.04. The molecule has 2 atom stereocenters. The van der Waals surface area contributed by atoms with Crippen LogP contribution in [0.3, 0.4) is 0 Å². The molecule has 7 heteroatoms. The van der Waals surface area contributed by atoms with Crippen LogP contribution in [0.1, 0.15) is 26.7 Å². The molecule has 6 nitrogen and oxygen atoms in total. The van der Waals surface area contributed by atoms with Crippen LogP contribution in [-0.2, 0) is 15.6 Å². The molecule has 0 radical (unpaired) electrons. The maximum absolute atomic E-state index is 11.3. The van der Waals surface area contributed by atoms with E-state index < -0.39 is 16.8 Å². The van der Waals surface area contributed by atoms with Gasteiger partial charge in [0, 0.05) is 41.8 Å². The molecule has 0 aromatic rings. The summed E-state index contributed by atoms with van der Waals surface area (Å²) in [5, 5.41) is 13.8. The number of aliphatic carboxylic acids is 1. The van der Waals surface area contributed by atoms with Gasteiger partial charge in [-0.2, -0.15) is 0 Å². The van der Waals surface area contributed by atoms with Gasteiger partial charge in [-0.25, -0.2) is 4.79 Å². The Kier molecular flexibility index (Phi) is 9.26. The molecule has 2 amide bonds. The van der Waals surface area contributed by atoms with Crippen LogP contribution in [-0.4, -0.2) is 45.9 Å². The molecule has 0 aromatic carbocycles. The van der Waals surface area contributed by atoms with Gasteiger partial charge in [0.25, 0.3) is 0 Å². The van der Waals surface area contributed by atoms with Crippen LogP contribution < -0.4 is 10.6 Å². The number of carbonyl (C=O) groups is 2. The monoisotopic (exact) mass is 278 g/mol. The number of carboxylic acids is 1. The largest absolute Gasteiger partial charge is 0.481 e. The Morgan fingerprint density at radius 1 is 1.33 bits per heavy atom. The highest BCUT2D eigenvalue weighted by molar-refractivity contribution is 7.84. The highest BCUT2D eigenvalue weighted by Gasteiger charge is 2.07. The third kappa shape index (κ3) is 10.1. The number of rotatable bonds is 9. The quantitative estimate of drug-likeness (QED) is 0.574. The minimum absolute atomic E-state index is 0.111. The molecule has 106 valence electrons. The van der Waals surface area contributed by atoms with Gasteiger partial charge >= 0.3 is 12.0 Å². The summed E-state index contributed by atoms with van der Waals surface area (Å²) < 4.78 is 11.1. The van der Waals surface area contributed by atoms with Crippen molar-refractivity contribution in [3.05, 3.63) is 0 Å². The smallest absolute Gasteiger partial charge is 0.314 e. The van der Waals surface area contributed by atoms with Gasteiger partial charge < -0.3 is 15.7 Å². The molecule has 2 unspecified atom stereocenters. The second-order valence-corrected chi connectivity index (χ2v) is 5.97. The second kappa shape index (κ2) is 9.87. The van der Waals surface area contributed by atoms with Crippen molar-refractivity contribution in [2.45, 2.75) is 26.7 Å². The van der Waals surface area contributed by atoms with Gasteiger partial charge in [-0.05, 0) is 12.3 Å². The molecule has 0 rings (SSSR count). The van der Waals surface area contributed by atoms with E-state index in [1.165, 1.54) is 0 Å². The van der Waals surface area contributed by atoms with E-state index in [9.17, 15) is 13.8 Å². The van der Waals surface area contributed by atoms with Gasteiger partial charge in [0.2, 0.25) is 0 Å². The van der Waals surface area contributed by atoms with E-state index in [1.54, 1.807) is 0 Å². The predicted octanol–water partition coefficient (Wildman–Crippen LogP) is 0.555. The lowest BCUT2D eigenvalue weighted by atomic mass is 10.1. The van der Waals surface area contributed by atoms with Gasteiger partial charge in [-0.3, -0.25) is 9.00 Å². The highest BCUT2D eigenvalue weighted by atomic mass is 32.2. The number of carboxylic acid groups (broad SMARTS) is 1. The van der Waals surface area contributed by atoms with Crippen LogP contribution in [0.4, 0.5) is 4.79 Å². The summed E-state index contributed by atoms with van der Waals surface area (Å²) in [5.41, 5.74) is 0. The topological polar surface area (TPSA) is 95.5 Å². The molecule has 0 aromatic heterocycles. The molecule has 0 aliphatic carbocycles. The summed E-state index contributed by atoms with van der Waals surface area (Å²) in [6.45, 7) is 4.54. The highest BCUT2D eigenvalue weighted by Crippen LogP contribution is 2.03. The third-order valence-corrected chi connectivity index (χ3v) is 3.70. The van der Waals surface area contributed by atoms with Crippen molar-refractivity contribution in [3.8, 4) is 0 Å². The van der Waals surface area contributed by atoms with E-state index in [-0.39, 0.29) is 18.4 Å². The SMILES string of the molecule is CCS(=O)CCNC(=O)NCC(C)CCC(=O)O. The molecular weight excluding hydrogens is 256 g/mol. The number of carbonyl (C=O) groups excluding carboxylic acids is 1. The molecule has 0 saturated carbocycles. The molecule has 0 aliphatic heterocycles. The van der Waals surface area contributed by atoms with Gasteiger partial charge in [0.1, 0.15) is 0 Å². The standard InChI is InChI=1S/C11H22N2O4S/c1-3-18(17)7-6-12-11(16)13-8-9(2)4-5-10(14)15/h9H,3-8H2,1-2H3,(H,14,15)(H2,12,13,16). The first-order valence-corrected chi connectivity index (χ1v) is 7.53. The average Bonchev–Trinajstić information content (AvgIpc) is 2.33. The predicted molar refractivity (Wildman–Crippen MR) is 71.0 cm³/mol. The third-order valence-electron chi connectivity index (χ3n) is 2.40. The number of amides is 2. The minimum atomic E-state index is -0.872. The number of hydrogen-bond donors (Lipinski definition) is 3. The molecule has 0 fully saturated rings. The zero-order valence-electron chi connectivity index (χ0n) is 10.9. The van der Waals surface area contributed by atoms with Crippen LogP contribution in [0.15, 0.2) is 0 Å². The fourth-order valence-electron chi connectivity index (χ4n) is 1.22. The van der Waals surface area contributed by atoms with Gasteiger partial charge in [0.05, 0.1) is 0 Å². The minimum Gasteiger partial charge on any atom is -0.481 e. The van der Waals surface area contributed by atoms with Gasteiger partial charge in [0.15, 0.2) is 0 Å². The van der Waals surface area contributed by atoms with Crippen molar-refractivity contribution >= 4 is 22.8 Å². The number of nitrogens with one attached hydrogen (secondary N) is 2. The van der Waals surface area contributed by atoms with E-state index in [2.05, 4.69) is 10.6 Å². The zero-order chi connectivity index (χ0) is 14.0. The van der Waals surface area contributed by atoms with E-state index in [4.69, 9.17) is 5.11 Å². The Balaban J connectivity index is 3.57. The molecule has 0 heterocycles. The lowest BCUT2D eigenvalue weighted by Crippen LogP contribution is -2.39. The number of urea groups is 1. The Labute approximate surface area is 110 Å². The van der Waals surface area contributed by atoms with Crippen LogP contribution in [0.5, 0.6) is 0 Å². The Bertz CT molecular complexity index is 297. The van der Waals surface area contributed by atoms with Crippen LogP contribution in [0.2, 0.25) is 0 Å². The summed E-state index contributed by atoms with van der Waals surface area (Å²) in [7, 11) is -0.872. The first-order chi connectivity index (χ1) is 8.45. The fraction of sp³-hybridized carbons (Fsp3) is 0.818. The second-order valence-electron chi connectivity index (χ2n) is 4.11. The lowest BCUT2D eigenvalue weighted by Gasteiger charge is -2.12. The molecule has 0 spiro atoms. The Hall–Kier alpha value is -1.11. The van der Waals surface area contributed by atoms with Crippen molar-refractivity contribution in [1.82, 2.24) is 10.6 Å². The van der Waals surface area contributed by atoms with E-state index in [0.29, 0.717) is 31.0 Å². The normalized spacial score (nSPS) is 13.7. The number of hydrogen-bond acceptors (Lipinski definition) is 3. The zero-order valence-corrected chi connectivity index (χ0v) is 11.7. The fourth-order valence-corrected chi connectivity index (χ4v) is 1.84. The van der Waals surface area contributed by atoms with E-state index in [0.717, 1.165) is 0 Å². The maximum atomic E-state index is 11.3. The van der Waals surface area contributed by atoms with Crippen LogP contribution in [0, 0.1) is 5.92 Å². The lowest BCUT2D eigenvalue weighted by molar-refractivity contribution is -0.137. The van der Waals surface area contributed by atoms with Crippen LogP contribution in [0.25, 0.3) is 0 Å². The van der Waals surface area contributed by atoms with E-state index >= 15 is 0 Å². The summed E-state index contributed by atoms with van der Waals surface area (Å²) >= 11 is 0. The summed E-state index contributed by atoms with van der Waals surface area (Å²) in [4.78, 5) is 21.7. The average molecular weight is 278 g/mol. The Morgan fingerprint density at radius 2 is 2.00 bits per heavy atom. The summed E-state index contributed by atoms with van der Waals surface area (Å²) in [5.74, 6) is 0.346. The van der Waals surface area contributed by atoms with Crippen molar-refractivity contribution < 1.29 is 18.9 Å². The first kappa shape index (κ1) is 16.9. The summed E-state index contributed by atoms with van der Waals surface area (Å²) in [6, 6.07) is -0.301. The van der Waals surface area contributed by atoms with E-state index in [1.807, 2.05) is 13.8 Å². The molecular formula is C11H22N2O4S. The molecule has 0 bridgehead atoms. The van der Waals surface area contributed by atoms with Crippen molar-refractivity contribution in [2.24, 2.45) is 5.92 Å². The van der Waals surface area contributed by atoms with Crippen molar-refractivity contribution in [1.29, 1.82) is 0 Å². The van der Waals surface area contributed by atoms with Crippen LogP contribution >= 0.6 is 0 Å². The molecule has 0 aliphatic rings. The maximum Gasteiger partial charge on any atom is 0.314 e. The molecule has 18 heavy (non-hydrogen) atoms.